The molecule has 0 unspecified atom stereocenters. The van der Waals surface area contributed by atoms with Gasteiger partial charge in [0.05, 0.1) is 4.90 Å². The summed E-state index contributed by atoms with van der Waals surface area (Å²) in [5.41, 5.74) is 2.48. The number of aryl methyl sites for hydroxylation is 1. The lowest BCUT2D eigenvalue weighted by Gasteiger charge is -2.09. The molecule has 4 nitrogen and oxygen atoms in total. The molecule has 0 saturated heterocycles. The van der Waals surface area contributed by atoms with E-state index in [0.29, 0.717) is 21.7 Å². The Morgan fingerprint density at radius 3 is 2.33 bits per heavy atom. The molecule has 27 heavy (non-hydrogen) atoms. The Morgan fingerprint density at radius 2 is 1.63 bits per heavy atom. The standard InChI is InChI=1S/C21H17ClN2O2S/c1-14-7-10-17(11-8-14)27(25,26)20-18-13-15(22)9-12-19(18)24-21(20)23-16-5-3-2-4-6-16/h2-13,23-24H,1H3. The third-order valence-corrected chi connectivity index (χ3v) is 6.45. The monoisotopic (exact) mass is 396 g/mol. The van der Waals surface area contributed by atoms with E-state index in [9.17, 15) is 8.42 Å². The fourth-order valence-corrected chi connectivity index (χ4v) is 4.74. The van der Waals surface area contributed by atoms with Crippen molar-refractivity contribution in [2.75, 3.05) is 5.32 Å². The summed E-state index contributed by atoms with van der Waals surface area (Å²) in [4.78, 5) is 3.61. The van der Waals surface area contributed by atoms with Gasteiger partial charge in [0.1, 0.15) is 10.7 Å². The Morgan fingerprint density at radius 1 is 0.926 bits per heavy atom. The number of hydrogen-bond donors (Lipinski definition) is 2. The summed E-state index contributed by atoms with van der Waals surface area (Å²) in [5, 5.41) is 4.23. The number of hydrogen-bond acceptors (Lipinski definition) is 3. The van der Waals surface area contributed by atoms with E-state index < -0.39 is 9.84 Å². The summed E-state index contributed by atoms with van der Waals surface area (Å²) < 4.78 is 26.9. The predicted octanol–water partition coefficient (Wildman–Crippen LogP) is 5.71. The molecule has 0 atom stereocenters. The van der Waals surface area contributed by atoms with Crippen LogP contribution in [0.3, 0.4) is 0 Å². The average Bonchev–Trinajstić information content (AvgIpc) is 3.00. The van der Waals surface area contributed by atoms with E-state index >= 15 is 0 Å². The fourth-order valence-electron chi connectivity index (χ4n) is 3.01. The molecule has 0 amide bonds. The molecule has 4 aromatic rings. The molecule has 0 fully saturated rings. The molecule has 6 heteroatoms. The Kier molecular flexibility index (Phi) is 4.42. The van der Waals surface area contributed by atoms with Crippen molar-refractivity contribution >= 4 is 43.8 Å². The highest BCUT2D eigenvalue weighted by Gasteiger charge is 2.27. The van der Waals surface area contributed by atoms with Crippen LogP contribution < -0.4 is 5.32 Å². The van der Waals surface area contributed by atoms with Gasteiger partial charge < -0.3 is 10.3 Å². The summed E-state index contributed by atoms with van der Waals surface area (Å²) in [7, 11) is -3.76. The molecule has 0 radical (unpaired) electrons. The van der Waals surface area contributed by atoms with Gasteiger partial charge in [-0.2, -0.15) is 0 Å². The maximum Gasteiger partial charge on any atom is 0.210 e. The van der Waals surface area contributed by atoms with Crippen LogP contribution >= 0.6 is 11.6 Å². The van der Waals surface area contributed by atoms with Crippen LogP contribution in [0.4, 0.5) is 11.5 Å². The van der Waals surface area contributed by atoms with E-state index in [1.807, 2.05) is 37.3 Å². The van der Waals surface area contributed by atoms with E-state index in [-0.39, 0.29) is 9.79 Å². The summed E-state index contributed by atoms with van der Waals surface area (Å²) in [5.74, 6) is 0.416. The highest BCUT2D eigenvalue weighted by atomic mass is 35.5. The van der Waals surface area contributed by atoms with Crippen molar-refractivity contribution in [1.82, 2.24) is 4.98 Å². The molecule has 0 aliphatic heterocycles. The van der Waals surface area contributed by atoms with Crippen LogP contribution in [0.2, 0.25) is 5.02 Å². The largest absolute Gasteiger partial charge is 0.341 e. The summed E-state index contributed by atoms with van der Waals surface area (Å²) in [6.07, 6.45) is 0. The minimum atomic E-state index is -3.76. The number of halogens is 1. The lowest BCUT2D eigenvalue weighted by atomic mass is 10.2. The Bertz CT molecular complexity index is 1210. The summed E-state index contributed by atoms with van der Waals surface area (Å²) >= 11 is 6.15. The van der Waals surface area contributed by atoms with Crippen molar-refractivity contribution in [2.24, 2.45) is 0 Å². The summed E-state index contributed by atoms with van der Waals surface area (Å²) in [6, 6.07) is 21.4. The van der Waals surface area contributed by atoms with Crippen LogP contribution in [0.5, 0.6) is 0 Å². The van der Waals surface area contributed by atoms with Gasteiger partial charge in [0.2, 0.25) is 9.84 Å². The third-order valence-electron chi connectivity index (χ3n) is 4.36. The predicted molar refractivity (Wildman–Crippen MR) is 110 cm³/mol. The SMILES string of the molecule is Cc1ccc(S(=O)(=O)c2c(Nc3ccccc3)[nH]c3ccc(Cl)cc23)cc1. The summed E-state index contributed by atoms with van der Waals surface area (Å²) in [6.45, 7) is 1.92. The number of sulfone groups is 1. The zero-order chi connectivity index (χ0) is 19.0. The first-order valence-electron chi connectivity index (χ1n) is 8.40. The van der Waals surface area contributed by atoms with Crippen LogP contribution in [0.25, 0.3) is 10.9 Å². The molecule has 0 bridgehead atoms. The van der Waals surface area contributed by atoms with Crippen molar-refractivity contribution in [3.63, 3.8) is 0 Å². The van der Waals surface area contributed by atoms with Gasteiger partial charge in [0.15, 0.2) is 0 Å². The van der Waals surface area contributed by atoms with Crippen molar-refractivity contribution in [2.45, 2.75) is 16.7 Å². The number of aromatic amines is 1. The van der Waals surface area contributed by atoms with Crippen LogP contribution in [0.15, 0.2) is 82.6 Å². The van der Waals surface area contributed by atoms with E-state index in [2.05, 4.69) is 10.3 Å². The number of anilines is 2. The van der Waals surface area contributed by atoms with Gasteiger partial charge in [-0.05, 0) is 49.4 Å². The second-order valence-electron chi connectivity index (χ2n) is 6.33. The Balaban J connectivity index is 1.95. The normalized spacial score (nSPS) is 11.6. The molecule has 1 aromatic heterocycles. The molecular weight excluding hydrogens is 380 g/mol. The van der Waals surface area contributed by atoms with Crippen molar-refractivity contribution in [1.29, 1.82) is 0 Å². The van der Waals surface area contributed by atoms with Crippen molar-refractivity contribution in [3.8, 4) is 0 Å². The minimum Gasteiger partial charge on any atom is -0.341 e. The molecule has 2 N–H and O–H groups in total. The van der Waals surface area contributed by atoms with Gasteiger partial charge in [-0.1, -0.05) is 47.5 Å². The maximum absolute atomic E-state index is 13.4. The molecule has 0 spiro atoms. The van der Waals surface area contributed by atoms with E-state index in [4.69, 9.17) is 11.6 Å². The second kappa shape index (κ2) is 6.76. The Hall–Kier alpha value is -2.76. The van der Waals surface area contributed by atoms with Crippen LogP contribution in [-0.2, 0) is 9.84 Å². The van der Waals surface area contributed by atoms with E-state index in [1.165, 1.54) is 0 Å². The molecule has 4 rings (SSSR count). The third kappa shape index (κ3) is 3.31. The average molecular weight is 397 g/mol. The number of nitrogens with one attached hydrogen (secondary N) is 2. The van der Waals surface area contributed by atoms with Gasteiger partial charge in [-0.15, -0.1) is 0 Å². The highest BCUT2D eigenvalue weighted by molar-refractivity contribution is 7.92. The molecule has 1 heterocycles. The van der Waals surface area contributed by atoms with Gasteiger partial charge >= 0.3 is 0 Å². The fraction of sp³-hybridized carbons (Fsp3) is 0.0476. The number of rotatable bonds is 4. The molecular formula is C21H17ClN2O2S. The molecule has 136 valence electrons. The lowest BCUT2D eigenvalue weighted by molar-refractivity contribution is 0.597. The van der Waals surface area contributed by atoms with Crippen molar-refractivity contribution < 1.29 is 8.42 Å². The Labute approximate surface area is 162 Å². The number of benzene rings is 3. The zero-order valence-corrected chi connectivity index (χ0v) is 16.1. The number of H-pyrrole nitrogens is 1. The molecule has 3 aromatic carbocycles. The lowest BCUT2D eigenvalue weighted by Crippen LogP contribution is -2.05. The first-order chi connectivity index (χ1) is 12.9. The van der Waals surface area contributed by atoms with Crippen LogP contribution in [-0.4, -0.2) is 13.4 Å². The first-order valence-corrected chi connectivity index (χ1v) is 10.3. The van der Waals surface area contributed by atoms with Gasteiger partial charge in [-0.3, -0.25) is 0 Å². The highest BCUT2D eigenvalue weighted by Crippen LogP contribution is 2.37. The topological polar surface area (TPSA) is 62.0 Å². The van der Waals surface area contributed by atoms with Crippen molar-refractivity contribution in [3.05, 3.63) is 83.4 Å². The second-order valence-corrected chi connectivity index (χ2v) is 8.65. The van der Waals surface area contributed by atoms with Gasteiger partial charge in [-0.25, -0.2) is 8.42 Å². The quantitative estimate of drug-likeness (QED) is 0.464. The number of aromatic nitrogens is 1. The van der Waals surface area contributed by atoms with Gasteiger partial charge in [0, 0.05) is 21.6 Å². The minimum absolute atomic E-state index is 0.188. The maximum atomic E-state index is 13.4. The van der Waals surface area contributed by atoms with Gasteiger partial charge in [0.25, 0.3) is 0 Å². The van der Waals surface area contributed by atoms with E-state index in [0.717, 1.165) is 11.3 Å². The number of fused-ring (bicyclic) bond motifs is 1. The smallest absolute Gasteiger partial charge is 0.210 e. The van der Waals surface area contributed by atoms with Crippen LogP contribution in [0.1, 0.15) is 5.56 Å². The molecule has 0 saturated carbocycles. The first kappa shape index (κ1) is 17.6. The molecule has 0 aliphatic rings. The molecule has 0 aliphatic carbocycles. The van der Waals surface area contributed by atoms with Crippen LogP contribution in [0, 0.1) is 6.92 Å². The number of para-hydroxylation sites is 1. The zero-order valence-electron chi connectivity index (χ0n) is 14.5. The van der Waals surface area contributed by atoms with E-state index in [1.54, 1.807) is 42.5 Å².